The maximum absolute atomic E-state index is 4.51. The molecule has 0 radical (unpaired) electrons. The van der Waals surface area contributed by atoms with E-state index in [1.165, 1.54) is 43.5 Å². The SMILES string of the molecule is [Os].c1ccc(-c2ccnc(-c3cc(-c4ccccc4)ccn3)c2)cc1.c1ccc(P/C(=C(\Pc2ccccc2)c2ccccc2)c2ccccc2)cc1. The summed E-state index contributed by atoms with van der Waals surface area (Å²) in [6.07, 6.45) is 3.68. The Hall–Kier alpha value is -5.14. The first-order valence-electron chi connectivity index (χ1n) is 17.3. The maximum Gasteiger partial charge on any atom is 0.0892 e. The molecule has 5 heteroatoms. The molecule has 8 aromatic rings. The first-order valence-corrected chi connectivity index (χ1v) is 19.3. The average Bonchev–Trinajstić information content (AvgIpc) is 3.24. The Balaban J connectivity index is 0.000000180. The number of aromatic nitrogens is 2. The van der Waals surface area contributed by atoms with Crippen LogP contribution < -0.4 is 10.6 Å². The average molecular weight is 895 g/mol. The Morgan fingerprint density at radius 1 is 0.321 bits per heavy atom. The second kappa shape index (κ2) is 19.6. The monoisotopic (exact) mass is 896 g/mol. The van der Waals surface area contributed by atoms with Crippen molar-refractivity contribution in [3.8, 4) is 33.6 Å². The zero-order chi connectivity index (χ0) is 35.2. The van der Waals surface area contributed by atoms with Gasteiger partial charge in [0.2, 0.25) is 0 Å². The Morgan fingerprint density at radius 2 is 0.623 bits per heavy atom. The first-order chi connectivity index (χ1) is 25.8. The van der Waals surface area contributed by atoms with Crippen molar-refractivity contribution in [2.45, 2.75) is 0 Å². The van der Waals surface area contributed by atoms with Crippen LogP contribution in [0.25, 0.3) is 44.3 Å². The predicted molar refractivity (Wildman–Crippen MR) is 227 cm³/mol. The summed E-state index contributed by atoms with van der Waals surface area (Å²) in [6.45, 7) is 0. The number of benzene rings is 6. The van der Waals surface area contributed by atoms with Crippen molar-refractivity contribution < 1.29 is 19.8 Å². The van der Waals surface area contributed by atoms with Crippen LogP contribution in [0.3, 0.4) is 0 Å². The standard InChI is InChI=1S/C26H22P2.C22H16N2.Os/c1-5-13-21(14-6-1)25(27-23-17-9-3-10-18-23)26(22-15-7-2-8-16-22)28-24-19-11-4-12-20-24;1-3-7-17(8-4-1)19-11-13-23-21(15-19)22-16-20(12-14-24-22)18-9-5-2-6-10-18;/h1-20,27-28H;1-16H;/b26-25-;;. The summed E-state index contributed by atoms with van der Waals surface area (Å²) in [5.41, 5.74) is 9.04. The van der Waals surface area contributed by atoms with E-state index >= 15 is 0 Å². The minimum atomic E-state index is 0. The van der Waals surface area contributed by atoms with Gasteiger partial charge in [0, 0.05) is 32.2 Å². The topological polar surface area (TPSA) is 25.8 Å². The van der Waals surface area contributed by atoms with Crippen LogP contribution in [0.15, 0.2) is 219 Å². The number of hydrogen-bond acceptors (Lipinski definition) is 2. The molecule has 6 aromatic carbocycles. The molecule has 0 aliphatic carbocycles. The van der Waals surface area contributed by atoms with E-state index in [-0.39, 0.29) is 19.8 Å². The molecule has 8 rings (SSSR count). The number of rotatable bonds is 9. The van der Waals surface area contributed by atoms with E-state index in [2.05, 4.69) is 168 Å². The summed E-state index contributed by atoms with van der Waals surface area (Å²) in [6, 6.07) is 72.2. The smallest absolute Gasteiger partial charge is 0.0892 e. The molecule has 258 valence electrons. The van der Waals surface area contributed by atoms with Crippen molar-refractivity contribution in [1.29, 1.82) is 0 Å². The molecule has 2 heterocycles. The third-order valence-corrected chi connectivity index (χ3v) is 11.5. The third-order valence-electron chi connectivity index (χ3n) is 8.46. The van der Waals surface area contributed by atoms with Crippen LogP contribution in [0.4, 0.5) is 0 Å². The van der Waals surface area contributed by atoms with Gasteiger partial charge in [0.1, 0.15) is 0 Å². The molecule has 2 unspecified atom stereocenters. The summed E-state index contributed by atoms with van der Waals surface area (Å²) < 4.78 is 0. The van der Waals surface area contributed by atoms with Crippen molar-refractivity contribution in [1.82, 2.24) is 9.97 Å². The fraction of sp³-hybridized carbons (Fsp3) is 0. The molecule has 0 N–H and O–H groups in total. The van der Waals surface area contributed by atoms with Gasteiger partial charge in [0.15, 0.2) is 0 Å². The molecule has 0 amide bonds. The van der Waals surface area contributed by atoms with Crippen LogP contribution in [0.5, 0.6) is 0 Å². The predicted octanol–water partition coefficient (Wildman–Crippen LogP) is 12.0. The van der Waals surface area contributed by atoms with Gasteiger partial charge in [-0.15, -0.1) is 0 Å². The number of hydrogen-bond donors (Lipinski definition) is 0. The summed E-state index contributed by atoms with van der Waals surface area (Å²) >= 11 is 0. The third kappa shape index (κ3) is 10.5. The van der Waals surface area contributed by atoms with Crippen LogP contribution in [0, 0.1) is 0 Å². The Labute approximate surface area is 329 Å². The quantitative estimate of drug-likeness (QED) is 0.107. The van der Waals surface area contributed by atoms with Crippen LogP contribution in [0.2, 0.25) is 0 Å². The summed E-state index contributed by atoms with van der Waals surface area (Å²) in [5, 5.41) is 5.60. The van der Waals surface area contributed by atoms with E-state index in [9.17, 15) is 0 Å². The molecule has 0 spiro atoms. The Kier molecular flexibility index (Phi) is 13.9. The second-order valence-electron chi connectivity index (χ2n) is 12.1. The fourth-order valence-electron chi connectivity index (χ4n) is 5.86. The van der Waals surface area contributed by atoms with Crippen molar-refractivity contribution in [3.05, 3.63) is 230 Å². The van der Waals surface area contributed by atoms with Gasteiger partial charge >= 0.3 is 0 Å². The first kappa shape index (κ1) is 37.6. The van der Waals surface area contributed by atoms with Crippen molar-refractivity contribution in [2.75, 3.05) is 0 Å². The molecular formula is C48H38N2OsP2. The molecule has 2 atom stereocenters. The number of pyridine rings is 2. The molecule has 0 bridgehead atoms. The van der Waals surface area contributed by atoms with E-state index < -0.39 is 0 Å². The van der Waals surface area contributed by atoms with Crippen LogP contribution in [-0.4, -0.2) is 9.97 Å². The molecule has 2 nitrogen and oxygen atoms in total. The maximum atomic E-state index is 4.51. The van der Waals surface area contributed by atoms with E-state index in [0.29, 0.717) is 17.2 Å². The Morgan fingerprint density at radius 3 is 0.962 bits per heavy atom. The number of nitrogens with zero attached hydrogens (tertiary/aromatic N) is 2. The Bertz CT molecular complexity index is 2150. The molecule has 0 aliphatic heterocycles. The van der Waals surface area contributed by atoms with E-state index in [4.69, 9.17) is 0 Å². The van der Waals surface area contributed by atoms with E-state index in [1.54, 1.807) is 0 Å². The normalized spacial score (nSPS) is 11.4. The summed E-state index contributed by atoms with van der Waals surface area (Å²) in [7, 11) is 1.23. The summed E-state index contributed by atoms with van der Waals surface area (Å²) in [4.78, 5) is 9.01. The van der Waals surface area contributed by atoms with Crippen LogP contribution in [0.1, 0.15) is 11.1 Å². The van der Waals surface area contributed by atoms with Crippen molar-refractivity contribution >= 4 is 38.4 Å². The zero-order valence-corrected chi connectivity index (χ0v) is 33.6. The van der Waals surface area contributed by atoms with Gasteiger partial charge < -0.3 is 0 Å². The van der Waals surface area contributed by atoms with Crippen LogP contribution >= 0.6 is 17.2 Å². The fourth-order valence-corrected chi connectivity index (χ4v) is 8.69. The van der Waals surface area contributed by atoms with Gasteiger partial charge in [0.05, 0.1) is 11.4 Å². The molecule has 0 saturated carbocycles. The van der Waals surface area contributed by atoms with Gasteiger partial charge in [-0.05, 0) is 78.9 Å². The van der Waals surface area contributed by atoms with Crippen molar-refractivity contribution in [3.63, 3.8) is 0 Å². The molecule has 53 heavy (non-hydrogen) atoms. The van der Waals surface area contributed by atoms with Crippen molar-refractivity contribution in [2.24, 2.45) is 0 Å². The molecule has 2 aromatic heterocycles. The molecule has 0 aliphatic rings. The van der Waals surface area contributed by atoms with Gasteiger partial charge in [-0.3, -0.25) is 9.97 Å². The van der Waals surface area contributed by atoms with Gasteiger partial charge in [0.25, 0.3) is 0 Å². The molecule has 0 saturated heterocycles. The van der Waals surface area contributed by atoms with E-state index in [1.807, 2.05) is 60.9 Å². The van der Waals surface area contributed by atoms with E-state index in [0.717, 1.165) is 22.5 Å². The summed E-state index contributed by atoms with van der Waals surface area (Å²) in [5.74, 6) is 0. The van der Waals surface area contributed by atoms with Gasteiger partial charge in [-0.1, -0.05) is 199 Å². The molecular weight excluding hydrogens is 857 g/mol. The minimum Gasteiger partial charge on any atom is -0.255 e. The zero-order valence-electron chi connectivity index (χ0n) is 29.0. The van der Waals surface area contributed by atoms with Gasteiger partial charge in [-0.2, -0.15) is 0 Å². The molecule has 0 fully saturated rings. The minimum absolute atomic E-state index is 0. The van der Waals surface area contributed by atoms with Crippen LogP contribution in [-0.2, 0) is 19.8 Å². The second-order valence-corrected chi connectivity index (χ2v) is 14.7. The van der Waals surface area contributed by atoms with Gasteiger partial charge in [-0.25, -0.2) is 0 Å². The largest absolute Gasteiger partial charge is 0.255 e.